The number of halogens is 3. The van der Waals surface area contributed by atoms with Gasteiger partial charge < -0.3 is 19.5 Å². The molecule has 11 heteroatoms. The summed E-state index contributed by atoms with van der Waals surface area (Å²) < 4.78 is 50.0. The molecule has 2 N–H and O–H groups in total. The van der Waals surface area contributed by atoms with Gasteiger partial charge in [-0.2, -0.15) is 18.3 Å². The van der Waals surface area contributed by atoms with Crippen molar-refractivity contribution in [1.82, 2.24) is 10.2 Å². The zero-order valence-electron chi connectivity index (χ0n) is 12.5. The van der Waals surface area contributed by atoms with E-state index in [9.17, 15) is 22.8 Å². The molecule has 0 saturated carbocycles. The molecule has 8 nitrogen and oxygen atoms in total. The summed E-state index contributed by atoms with van der Waals surface area (Å²) in [6, 6.07) is -0.586. The Morgan fingerprint density at radius 1 is 1.54 bits per heavy atom. The van der Waals surface area contributed by atoms with E-state index in [1.165, 1.54) is 4.90 Å². The molecule has 1 aromatic rings. The van der Waals surface area contributed by atoms with Gasteiger partial charge in [-0.3, -0.25) is 9.59 Å². The maximum atomic E-state index is 13.2. The van der Waals surface area contributed by atoms with Crippen LogP contribution in [0.25, 0.3) is 0 Å². The maximum absolute atomic E-state index is 13.2. The van der Waals surface area contributed by atoms with Crippen molar-refractivity contribution in [3.8, 4) is 0 Å². The number of aliphatic carboxylic acids is 1. The normalized spacial score (nSPS) is 18.6. The smallest absolute Gasteiger partial charge is 0.423 e. The van der Waals surface area contributed by atoms with Crippen molar-refractivity contribution >= 4 is 11.7 Å². The Balaban J connectivity index is 2.20. The summed E-state index contributed by atoms with van der Waals surface area (Å²) in [4.78, 5) is 23.4. The average molecular weight is 351 g/mol. The van der Waals surface area contributed by atoms with Crippen LogP contribution in [0.4, 0.5) is 18.9 Å². The topological polar surface area (TPSA) is 105 Å². The fourth-order valence-electron chi connectivity index (χ4n) is 2.37. The highest BCUT2D eigenvalue weighted by Gasteiger charge is 2.40. The molecule has 2 heterocycles. The molecule has 0 radical (unpaired) electrons. The lowest BCUT2D eigenvalue weighted by molar-refractivity contribution is -0.139. The summed E-state index contributed by atoms with van der Waals surface area (Å²) in [5.41, 5.74) is -2.99. The first-order valence-corrected chi connectivity index (χ1v) is 7.09. The predicted octanol–water partition coefficient (Wildman–Crippen LogP) is 0.485. The number of hydrogen-bond donors (Lipinski definition) is 2. The van der Waals surface area contributed by atoms with Gasteiger partial charge in [0.15, 0.2) is 0 Å². The Labute approximate surface area is 134 Å². The first kappa shape index (κ1) is 18.2. The Morgan fingerprint density at radius 3 is 2.96 bits per heavy atom. The van der Waals surface area contributed by atoms with Crippen LogP contribution >= 0.6 is 0 Å². The van der Waals surface area contributed by atoms with Gasteiger partial charge in [-0.1, -0.05) is 0 Å². The summed E-state index contributed by atoms with van der Waals surface area (Å²) in [5.74, 6) is -1.04. The zero-order chi connectivity index (χ0) is 17.7. The van der Waals surface area contributed by atoms with Gasteiger partial charge in [0.25, 0.3) is 5.56 Å². The van der Waals surface area contributed by atoms with E-state index >= 15 is 0 Å². The minimum absolute atomic E-state index is 0.0304. The molecule has 0 aliphatic carbocycles. The molecule has 24 heavy (non-hydrogen) atoms. The second-order valence-electron chi connectivity index (χ2n) is 5.10. The van der Waals surface area contributed by atoms with Crippen LogP contribution in [0.2, 0.25) is 0 Å². The number of alkyl halides is 3. The first-order valence-electron chi connectivity index (χ1n) is 7.09. The second kappa shape index (κ2) is 7.62. The number of H-pyrrole nitrogens is 1. The molecular formula is C13H16F3N3O5. The van der Waals surface area contributed by atoms with Crippen molar-refractivity contribution in [2.45, 2.75) is 18.6 Å². The number of nitrogens with zero attached hydrogens (tertiary/aromatic N) is 2. The second-order valence-corrected chi connectivity index (χ2v) is 5.10. The van der Waals surface area contributed by atoms with E-state index in [2.05, 4.69) is 5.10 Å². The van der Waals surface area contributed by atoms with Gasteiger partial charge in [-0.25, -0.2) is 5.10 Å². The number of nitrogens with one attached hydrogen (secondary N) is 1. The third kappa shape index (κ3) is 4.45. The number of carboxylic acid groups (broad SMARTS) is 1. The molecule has 1 aliphatic rings. The van der Waals surface area contributed by atoms with Crippen LogP contribution in [0.5, 0.6) is 0 Å². The number of aromatic nitrogens is 2. The third-order valence-electron chi connectivity index (χ3n) is 3.43. The predicted molar refractivity (Wildman–Crippen MR) is 74.9 cm³/mol. The third-order valence-corrected chi connectivity index (χ3v) is 3.43. The van der Waals surface area contributed by atoms with Gasteiger partial charge in [0, 0.05) is 6.54 Å². The highest BCUT2D eigenvalue weighted by atomic mass is 19.4. The van der Waals surface area contributed by atoms with E-state index in [1.54, 1.807) is 5.10 Å². The van der Waals surface area contributed by atoms with E-state index in [1.807, 2.05) is 0 Å². The summed E-state index contributed by atoms with van der Waals surface area (Å²) in [6.07, 6.45) is -4.10. The van der Waals surface area contributed by atoms with Gasteiger partial charge in [0.05, 0.1) is 50.8 Å². The number of morpholine rings is 1. The fourth-order valence-corrected chi connectivity index (χ4v) is 2.37. The highest BCUT2D eigenvalue weighted by Crippen LogP contribution is 2.34. The molecular weight excluding hydrogens is 335 g/mol. The van der Waals surface area contributed by atoms with Crippen molar-refractivity contribution in [1.29, 1.82) is 0 Å². The summed E-state index contributed by atoms with van der Waals surface area (Å²) in [7, 11) is 0. The van der Waals surface area contributed by atoms with Crippen LogP contribution in [0.3, 0.4) is 0 Å². The van der Waals surface area contributed by atoms with E-state index in [0.29, 0.717) is 0 Å². The number of carbonyl (C=O) groups is 1. The lowest BCUT2D eigenvalue weighted by Gasteiger charge is -2.37. The highest BCUT2D eigenvalue weighted by molar-refractivity contribution is 5.66. The van der Waals surface area contributed by atoms with Crippen molar-refractivity contribution in [2.75, 3.05) is 37.9 Å². The molecule has 0 bridgehead atoms. The van der Waals surface area contributed by atoms with Gasteiger partial charge in [-0.05, 0) is 0 Å². The van der Waals surface area contributed by atoms with E-state index in [0.717, 1.165) is 6.20 Å². The summed E-state index contributed by atoms with van der Waals surface area (Å²) >= 11 is 0. The van der Waals surface area contributed by atoms with Gasteiger partial charge in [0.2, 0.25) is 0 Å². The minimum Gasteiger partial charge on any atom is -0.481 e. The van der Waals surface area contributed by atoms with Crippen molar-refractivity contribution in [2.24, 2.45) is 0 Å². The largest absolute Gasteiger partial charge is 0.481 e. The monoisotopic (exact) mass is 351 g/mol. The van der Waals surface area contributed by atoms with Crippen LogP contribution in [0, 0.1) is 0 Å². The molecule has 2 rings (SSSR count). The molecule has 1 fully saturated rings. The molecule has 1 atom stereocenters. The number of anilines is 1. The summed E-state index contributed by atoms with van der Waals surface area (Å²) in [6.45, 7) is 0.310. The number of hydrogen-bond acceptors (Lipinski definition) is 6. The molecule has 134 valence electrons. The Morgan fingerprint density at radius 2 is 2.29 bits per heavy atom. The Kier molecular flexibility index (Phi) is 5.78. The molecule has 1 aromatic heterocycles. The molecule has 1 aliphatic heterocycles. The molecule has 0 amide bonds. The molecule has 0 aromatic carbocycles. The number of aromatic amines is 1. The van der Waals surface area contributed by atoms with Crippen LogP contribution < -0.4 is 10.5 Å². The van der Waals surface area contributed by atoms with Gasteiger partial charge in [-0.15, -0.1) is 0 Å². The number of ether oxygens (including phenoxy) is 2. The van der Waals surface area contributed by atoms with Crippen molar-refractivity contribution in [3.63, 3.8) is 0 Å². The molecule has 0 spiro atoms. The Hall–Kier alpha value is -2.14. The van der Waals surface area contributed by atoms with Gasteiger partial charge in [0.1, 0.15) is 5.56 Å². The minimum atomic E-state index is -4.83. The SMILES string of the molecule is O=C(O)CCOC[C@H]1COCCN1c1cn[nH]c(=O)c1C(F)(F)F. The van der Waals surface area contributed by atoms with Crippen molar-refractivity contribution in [3.05, 3.63) is 22.1 Å². The number of carboxylic acids is 1. The lowest BCUT2D eigenvalue weighted by atomic mass is 10.1. The standard InChI is InChI=1S/C13H16F3N3O5/c14-13(15,16)11-9(5-17-18-12(11)22)19-2-4-24-7-8(19)6-23-3-1-10(20)21/h5,8H,1-4,6-7H2,(H,18,22)(H,20,21)/t8-/m0/s1. The van der Waals surface area contributed by atoms with E-state index in [4.69, 9.17) is 14.6 Å². The average Bonchev–Trinajstić information content (AvgIpc) is 2.50. The van der Waals surface area contributed by atoms with Crippen LogP contribution in [0.1, 0.15) is 12.0 Å². The van der Waals surface area contributed by atoms with Crippen LogP contribution in [-0.4, -0.2) is 60.3 Å². The number of rotatable bonds is 6. The van der Waals surface area contributed by atoms with Gasteiger partial charge >= 0.3 is 12.1 Å². The quantitative estimate of drug-likeness (QED) is 0.719. The lowest BCUT2D eigenvalue weighted by Crippen LogP contribution is -2.49. The summed E-state index contributed by atoms with van der Waals surface area (Å²) in [5, 5.41) is 13.8. The van der Waals surface area contributed by atoms with E-state index < -0.39 is 29.3 Å². The van der Waals surface area contributed by atoms with Crippen LogP contribution in [-0.2, 0) is 20.4 Å². The molecule has 1 saturated heterocycles. The Bertz CT molecular complexity index is 634. The molecule has 0 unspecified atom stereocenters. The maximum Gasteiger partial charge on any atom is 0.423 e. The van der Waals surface area contributed by atoms with Crippen LogP contribution in [0.15, 0.2) is 11.0 Å². The zero-order valence-corrected chi connectivity index (χ0v) is 12.5. The fraction of sp³-hybridized carbons (Fsp3) is 0.615. The van der Waals surface area contributed by atoms with E-state index in [-0.39, 0.29) is 45.1 Å². The van der Waals surface area contributed by atoms with Crippen molar-refractivity contribution < 1.29 is 32.5 Å². The first-order chi connectivity index (χ1) is 11.3.